The summed E-state index contributed by atoms with van der Waals surface area (Å²) >= 11 is 5.88. The molecule has 1 N–H and O–H groups in total. The summed E-state index contributed by atoms with van der Waals surface area (Å²) in [7, 11) is 2.08. The molecule has 25 heavy (non-hydrogen) atoms. The van der Waals surface area contributed by atoms with Gasteiger partial charge in [0.1, 0.15) is 5.82 Å². The molecule has 0 radical (unpaired) electrons. The van der Waals surface area contributed by atoms with Crippen molar-refractivity contribution in [1.82, 2.24) is 9.80 Å². The van der Waals surface area contributed by atoms with Crippen LogP contribution in [0.4, 0.5) is 10.1 Å². The second-order valence-corrected chi connectivity index (χ2v) is 6.77. The minimum Gasteiger partial charge on any atom is -0.322 e. The van der Waals surface area contributed by atoms with Gasteiger partial charge in [-0.05, 0) is 30.8 Å². The summed E-state index contributed by atoms with van der Waals surface area (Å²) in [6, 6.07) is 14.4. The first-order valence-corrected chi connectivity index (χ1v) is 8.63. The van der Waals surface area contributed by atoms with Gasteiger partial charge in [0, 0.05) is 30.7 Å². The normalized spacial score (nSPS) is 18.9. The summed E-state index contributed by atoms with van der Waals surface area (Å²) < 4.78 is 13.8. The summed E-state index contributed by atoms with van der Waals surface area (Å²) in [6.45, 7) is 2.73. The molecule has 1 fully saturated rings. The highest BCUT2D eigenvalue weighted by molar-refractivity contribution is 6.30. The predicted molar refractivity (Wildman–Crippen MR) is 98.3 cm³/mol. The van der Waals surface area contributed by atoms with Gasteiger partial charge in [-0.25, -0.2) is 4.39 Å². The molecule has 1 atom stereocenters. The van der Waals surface area contributed by atoms with Gasteiger partial charge in [-0.15, -0.1) is 0 Å². The maximum absolute atomic E-state index is 13.8. The van der Waals surface area contributed by atoms with Crippen LogP contribution in [-0.4, -0.2) is 48.9 Å². The van der Waals surface area contributed by atoms with E-state index in [9.17, 15) is 9.18 Å². The molecular formula is C19H21ClFN3O. The summed E-state index contributed by atoms with van der Waals surface area (Å²) in [4.78, 5) is 16.8. The van der Waals surface area contributed by atoms with Crippen molar-refractivity contribution in [2.45, 2.75) is 6.04 Å². The number of benzene rings is 2. The molecule has 1 unspecified atom stereocenters. The fourth-order valence-electron chi connectivity index (χ4n) is 3.11. The predicted octanol–water partition coefficient (Wildman–Crippen LogP) is 3.41. The van der Waals surface area contributed by atoms with E-state index in [-0.39, 0.29) is 24.2 Å². The van der Waals surface area contributed by atoms with E-state index in [0.29, 0.717) is 5.02 Å². The number of hydrogen-bond acceptors (Lipinski definition) is 3. The van der Waals surface area contributed by atoms with Crippen LogP contribution < -0.4 is 5.32 Å². The molecule has 2 aromatic carbocycles. The highest BCUT2D eigenvalue weighted by atomic mass is 35.5. The molecule has 1 amide bonds. The van der Waals surface area contributed by atoms with E-state index >= 15 is 0 Å². The van der Waals surface area contributed by atoms with E-state index in [1.54, 1.807) is 0 Å². The first kappa shape index (κ1) is 17.9. The van der Waals surface area contributed by atoms with Gasteiger partial charge in [0.05, 0.1) is 12.2 Å². The molecule has 0 aliphatic carbocycles. The number of hydrogen-bond donors (Lipinski definition) is 1. The number of carbonyl (C=O) groups is 1. The first-order valence-electron chi connectivity index (χ1n) is 8.25. The minimum absolute atomic E-state index is 0.114. The lowest BCUT2D eigenvalue weighted by molar-refractivity contribution is -0.118. The van der Waals surface area contributed by atoms with Gasteiger partial charge in [0.2, 0.25) is 5.91 Å². The van der Waals surface area contributed by atoms with E-state index in [4.69, 9.17) is 11.6 Å². The smallest absolute Gasteiger partial charge is 0.238 e. The van der Waals surface area contributed by atoms with Gasteiger partial charge in [-0.1, -0.05) is 41.9 Å². The van der Waals surface area contributed by atoms with Crippen LogP contribution in [0.1, 0.15) is 11.6 Å². The molecule has 132 valence electrons. The first-order chi connectivity index (χ1) is 12.0. The van der Waals surface area contributed by atoms with Crippen LogP contribution in [-0.2, 0) is 4.79 Å². The van der Waals surface area contributed by atoms with Gasteiger partial charge < -0.3 is 10.2 Å². The van der Waals surface area contributed by atoms with Crippen molar-refractivity contribution in [3.63, 3.8) is 0 Å². The lowest BCUT2D eigenvalue weighted by atomic mass is 10.0. The zero-order valence-corrected chi connectivity index (χ0v) is 14.8. The Hall–Kier alpha value is -1.95. The number of amides is 1. The quantitative estimate of drug-likeness (QED) is 0.906. The summed E-state index contributed by atoms with van der Waals surface area (Å²) in [5.41, 5.74) is 1.29. The molecule has 3 rings (SSSR count). The Morgan fingerprint density at radius 1 is 1.24 bits per heavy atom. The molecule has 1 aliphatic heterocycles. The number of rotatable bonds is 4. The Balaban J connectivity index is 1.71. The van der Waals surface area contributed by atoms with Gasteiger partial charge in [-0.3, -0.25) is 9.69 Å². The third-order valence-electron chi connectivity index (χ3n) is 4.43. The molecule has 0 spiro atoms. The summed E-state index contributed by atoms with van der Waals surface area (Å²) in [5.74, 6) is -0.734. The molecule has 0 aromatic heterocycles. The average Bonchev–Trinajstić information content (AvgIpc) is 2.60. The zero-order valence-electron chi connectivity index (χ0n) is 14.1. The molecule has 2 aromatic rings. The number of piperazine rings is 1. The van der Waals surface area contributed by atoms with E-state index in [1.807, 2.05) is 18.2 Å². The van der Waals surface area contributed by atoms with Crippen LogP contribution in [0.5, 0.6) is 0 Å². The van der Waals surface area contributed by atoms with Crippen LogP contribution in [0.3, 0.4) is 0 Å². The summed E-state index contributed by atoms with van der Waals surface area (Å²) in [6.07, 6.45) is 0. The molecule has 0 bridgehead atoms. The lowest BCUT2D eigenvalue weighted by Crippen LogP contribution is -2.49. The largest absolute Gasteiger partial charge is 0.322 e. The Morgan fingerprint density at radius 2 is 2.00 bits per heavy atom. The van der Waals surface area contributed by atoms with Crippen LogP contribution in [0.15, 0.2) is 48.5 Å². The molecule has 4 nitrogen and oxygen atoms in total. The van der Waals surface area contributed by atoms with Gasteiger partial charge in [-0.2, -0.15) is 0 Å². The second-order valence-electron chi connectivity index (χ2n) is 6.33. The van der Waals surface area contributed by atoms with Crippen molar-refractivity contribution in [2.24, 2.45) is 0 Å². The van der Waals surface area contributed by atoms with Crippen molar-refractivity contribution in [3.8, 4) is 0 Å². The lowest BCUT2D eigenvalue weighted by Gasteiger charge is -2.39. The van der Waals surface area contributed by atoms with Crippen molar-refractivity contribution >= 4 is 23.2 Å². The Kier molecular flexibility index (Phi) is 5.68. The molecule has 1 heterocycles. The number of likely N-dealkylation sites (N-methyl/N-ethyl adjacent to an activating group) is 1. The van der Waals surface area contributed by atoms with E-state index in [1.165, 1.54) is 23.8 Å². The van der Waals surface area contributed by atoms with Crippen LogP contribution >= 0.6 is 11.6 Å². The highest BCUT2D eigenvalue weighted by Gasteiger charge is 2.28. The van der Waals surface area contributed by atoms with E-state index < -0.39 is 5.82 Å². The standard InChI is InChI=1S/C19H21ClFN3O/c1-23-9-10-24(18(12-23)14-5-3-2-4-6-14)13-19(25)22-17-11-15(20)7-8-16(17)21/h2-8,11,18H,9-10,12-13H2,1H3,(H,22,25). The number of nitrogens with zero attached hydrogens (tertiary/aromatic N) is 2. The third kappa shape index (κ3) is 4.57. The molecular weight excluding hydrogens is 341 g/mol. The molecule has 1 saturated heterocycles. The van der Waals surface area contributed by atoms with Crippen molar-refractivity contribution in [2.75, 3.05) is 38.5 Å². The summed E-state index contributed by atoms with van der Waals surface area (Å²) in [5, 5.41) is 3.02. The maximum Gasteiger partial charge on any atom is 0.238 e. The number of halogens is 2. The van der Waals surface area contributed by atoms with E-state index in [2.05, 4.69) is 34.3 Å². The molecule has 0 saturated carbocycles. The maximum atomic E-state index is 13.8. The minimum atomic E-state index is -0.490. The zero-order chi connectivity index (χ0) is 17.8. The van der Waals surface area contributed by atoms with Crippen LogP contribution in [0.2, 0.25) is 5.02 Å². The molecule has 6 heteroatoms. The highest BCUT2D eigenvalue weighted by Crippen LogP contribution is 2.25. The number of carbonyl (C=O) groups excluding carboxylic acids is 1. The average molecular weight is 362 g/mol. The fraction of sp³-hybridized carbons (Fsp3) is 0.316. The fourth-order valence-corrected chi connectivity index (χ4v) is 3.28. The van der Waals surface area contributed by atoms with Gasteiger partial charge >= 0.3 is 0 Å². The van der Waals surface area contributed by atoms with Gasteiger partial charge in [0.15, 0.2) is 0 Å². The number of anilines is 1. The SMILES string of the molecule is CN1CCN(CC(=O)Nc2cc(Cl)ccc2F)C(c2ccccc2)C1. The van der Waals surface area contributed by atoms with Crippen molar-refractivity contribution in [1.29, 1.82) is 0 Å². The topological polar surface area (TPSA) is 35.6 Å². The second kappa shape index (κ2) is 7.95. The van der Waals surface area contributed by atoms with Gasteiger partial charge in [0.25, 0.3) is 0 Å². The molecule has 1 aliphatic rings. The van der Waals surface area contributed by atoms with Crippen molar-refractivity contribution in [3.05, 3.63) is 64.9 Å². The van der Waals surface area contributed by atoms with Crippen LogP contribution in [0, 0.1) is 5.82 Å². The Morgan fingerprint density at radius 3 is 2.76 bits per heavy atom. The van der Waals surface area contributed by atoms with Crippen LogP contribution in [0.25, 0.3) is 0 Å². The number of nitrogens with one attached hydrogen (secondary N) is 1. The van der Waals surface area contributed by atoms with Crippen molar-refractivity contribution < 1.29 is 9.18 Å². The third-order valence-corrected chi connectivity index (χ3v) is 4.66. The Labute approximate surface area is 152 Å². The van der Waals surface area contributed by atoms with E-state index in [0.717, 1.165) is 19.6 Å². The Bertz CT molecular complexity index is 741. The monoisotopic (exact) mass is 361 g/mol.